The van der Waals surface area contributed by atoms with Gasteiger partial charge in [-0.1, -0.05) is 29.3 Å². The van der Waals surface area contributed by atoms with Crippen molar-refractivity contribution in [2.45, 2.75) is 4.90 Å². The number of rotatable bonds is 2. The second-order valence-corrected chi connectivity index (χ2v) is 5.94. The van der Waals surface area contributed by atoms with Gasteiger partial charge in [-0.2, -0.15) is 0 Å². The molecule has 4 nitrogen and oxygen atoms in total. The summed E-state index contributed by atoms with van der Waals surface area (Å²) in [6, 6.07) is 5.77. The van der Waals surface area contributed by atoms with Gasteiger partial charge < -0.3 is 0 Å². The number of carbonyl (C=O) groups excluding carboxylic acids is 1. The van der Waals surface area contributed by atoms with Crippen LogP contribution < -0.4 is 5.14 Å². The van der Waals surface area contributed by atoms with Crippen LogP contribution in [0.15, 0.2) is 29.2 Å². The van der Waals surface area contributed by atoms with Gasteiger partial charge in [-0.15, -0.1) is 0 Å². The highest BCUT2D eigenvalue weighted by Gasteiger charge is 2.18. The molecule has 94 valence electrons. The Balaban J connectivity index is 3.06. The predicted octanol–water partition coefficient (Wildman–Crippen LogP) is 2.61. The van der Waals surface area contributed by atoms with Crippen molar-refractivity contribution in [2.75, 3.05) is 0 Å². The van der Waals surface area contributed by atoms with E-state index in [-0.39, 0.29) is 20.9 Å². The molecule has 0 unspecified atom stereocenters. The molecule has 7 heteroatoms. The average Bonchev–Trinajstić information content (AvgIpc) is 2.31. The summed E-state index contributed by atoms with van der Waals surface area (Å²) in [5, 5.41) is 6.44. The van der Waals surface area contributed by atoms with Gasteiger partial charge in [-0.05, 0) is 18.2 Å². The third-order valence-electron chi connectivity index (χ3n) is 2.50. The van der Waals surface area contributed by atoms with E-state index in [1.54, 1.807) is 6.07 Å². The van der Waals surface area contributed by atoms with Crippen molar-refractivity contribution >= 4 is 50.3 Å². The minimum Gasteiger partial charge on any atom is -0.298 e. The molecule has 18 heavy (non-hydrogen) atoms. The monoisotopic (exact) mass is 303 g/mol. The van der Waals surface area contributed by atoms with E-state index in [0.29, 0.717) is 16.7 Å². The van der Waals surface area contributed by atoms with Crippen LogP contribution in [0, 0.1) is 0 Å². The lowest BCUT2D eigenvalue weighted by Gasteiger charge is -2.09. The summed E-state index contributed by atoms with van der Waals surface area (Å²) in [4.78, 5) is 10.9. The summed E-state index contributed by atoms with van der Waals surface area (Å²) in [6.45, 7) is 0. The maximum Gasteiger partial charge on any atom is 0.238 e. The number of halogens is 2. The quantitative estimate of drug-likeness (QED) is 0.866. The molecule has 0 saturated carbocycles. The Morgan fingerprint density at radius 2 is 1.67 bits per heavy atom. The average molecular weight is 304 g/mol. The van der Waals surface area contributed by atoms with E-state index in [2.05, 4.69) is 0 Å². The van der Waals surface area contributed by atoms with Gasteiger partial charge in [0.2, 0.25) is 10.0 Å². The summed E-state index contributed by atoms with van der Waals surface area (Å²) in [7, 11) is -4.00. The van der Waals surface area contributed by atoms with E-state index in [1.807, 2.05) is 0 Å². The first kappa shape index (κ1) is 13.3. The zero-order chi connectivity index (χ0) is 13.5. The van der Waals surface area contributed by atoms with E-state index < -0.39 is 10.0 Å². The fourth-order valence-corrected chi connectivity index (χ4v) is 2.94. The van der Waals surface area contributed by atoms with Crippen LogP contribution in [0.3, 0.4) is 0 Å². The Bertz CT molecular complexity index is 756. The van der Waals surface area contributed by atoms with Gasteiger partial charge in [-0.25, -0.2) is 13.6 Å². The largest absolute Gasteiger partial charge is 0.298 e. The zero-order valence-corrected chi connectivity index (χ0v) is 11.2. The highest BCUT2D eigenvalue weighted by molar-refractivity contribution is 7.89. The Kier molecular flexibility index (Phi) is 3.33. The zero-order valence-electron chi connectivity index (χ0n) is 8.85. The first-order valence-electron chi connectivity index (χ1n) is 4.75. The van der Waals surface area contributed by atoms with Crippen molar-refractivity contribution in [1.82, 2.24) is 0 Å². The molecule has 2 aromatic rings. The van der Waals surface area contributed by atoms with Crippen LogP contribution in [0.1, 0.15) is 10.4 Å². The predicted molar refractivity (Wildman–Crippen MR) is 70.7 cm³/mol. The maximum atomic E-state index is 11.4. The number of carbonyl (C=O) groups is 1. The highest BCUT2D eigenvalue weighted by Crippen LogP contribution is 2.34. The molecule has 0 heterocycles. The molecule has 0 aliphatic carbocycles. The van der Waals surface area contributed by atoms with E-state index >= 15 is 0 Å². The molecule has 2 N–H and O–H groups in total. The van der Waals surface area contributed by atoms with Crippen molar-refractivity contribution in [3.8, 4) is 0 Å². The molecule has 0 aliphatic rings. The minimum absolute atomic E-state index is 0.0810. The van der Waals surface area contributed by atoms with Crippen LogP contribution in [0.25, 0.3) is 10.8 Å². The van der Waals surface area contributed by atoms with Gasteiger partial charge in [0.15, 0.2) is 6.29 Å². The minimum atomic E-state index is -4.00. The maximum absolute atomic E-state index is 11.4. The number of hydrogen-bond donors (Lipinski definition) is 1. The number of primary sulfonamides is 1. The smallest absolute Gasteiger partial charge is 0.238 e. The van der Waals surface area contributed by atoms with Crippen LogP contribution in [0.5, 0.6) is 0 Å². The Morgan fingerprint density at radius 1 is 1.06 bits per heavy atom. The number of nitrogens with two attached hydrogens (primary N) is 1. The SMILES string of the molecule is NS(=O)(=O)c1ccc2c(Cl)ccc(Cl)c2c1C=O. The van der Waals surface area contributed by atoms with E-state index in [4.69, 9.17) is 28.3 Å². The van der Waals surface area contributed by atoms with Gasteiger partial charge in [0, 0.05) is 26.4 Å². The van der Waals surface area contributed by atoms with Crippen LogP contribution in [-0.2, 0) is 10.0 Å². The van der Waals surface area contributed by atoms with Gasteiger partial charge in [0.25, 0.3) is 0 Å². The lowest BCUT2D eigenvalue weighted by Crippen LogP contribution is -2.14. The fourth-order valence-electron chi connectivity index (χ4n) is 1.74. The first-order chi connectivity index (χ1) is 8.36. The highest BCUT2D eigenvalue weighted by atomic mass is 35.5. The van der Waals surface area contributed by atoms with Crippen molar-refractivity contribution < 1.29 is 13.2 Å². The van der Waals surface area contributed by atoms with Crippen LogP contribution in [-0.4, -0.2) is 14.7 Å². The van der Waals surface area contributed by atoms with Crippen LogP contribution >= 0.6 is 23.2 Å². The molecule has 0 saturated heterocycles. The van der Waals surface area contributed by atoms with Gasteiger partial charge in [0.1, 0.15) is 0 Å². The molecular weight excluding hydrogens is 297 g/mol. The third-order valence-corrected chi connectivity index (χ3v) is 4.12. The summed E-state index contributed by atoms with van der Waals surface area (Å²) < 4.78 is 22.8. The fraction of sp³-hybridized carbons (Fsp3) is 0. The molecule has 0 atom stereocenters. The molecule has 0 bridgehead atoms. The van der Waals surface area contributed by atoms with Crippen molar-refractivity contribution in [3.63, 3.8) is 0 Å². The van der Waals surface area contributed by atoms with Crippen LogP contribution in [0.4, 0.5) is 0 Å². The normalized spacial score (nSPS) is 11.7. The van der Waals surface area contributed by atoms with Gasteiger partial charge in [-0.3, -0.25) is 4.79 Å². The molecule has 0 aliphatic heterocycles. The standard InChI is InChI=1S/C11H7Cl2NO3S/c12-8-2-3-9(13)11-6(8)1-4-10(7(11)5-15)18(14,16)17/h1-5H,(H2,14,16,17). The summed E-state index contributed by atoms with van der Waals surface area (Å²) in [5.74, 6) is 0. The lowest BCUT2D eigenvalue weighted by molar-refractivity contribution is 0.112. The van der Waals surface area contributed by atoms with Crippen molar-refractivity contribution in [3.05, 3.63) is 39.9 Å². The Labute approximate surface area is 113 Å². The van der Waals surface area contributed by atoms with E-state index in [0.717, 1.165) is 0 Å². The topological polar surface area (TPSA) is 77.2 Å². The molecule has 0 radical (unpaired) electrons. The number of benzene rings is 2. The van der Waals surface area contributed by atoms with Gasteiger partial charge in [0.05, 0.1) is 4.90 Å². The van der Waals surface area contributed by atoms with Crippen molar-refractivity contribution in [2.24, 2.45) is 5.14 Å². The molecule has 0 spiro atoms. The third kappa shape index (κ3) is 2.10. The molecule has 2 rings (SSSR count). The second-order valence-electron chi connectivity index (χ2n) is 3.59. The summed E-state index contributed by atoms with van der Waals surface area (Å²) in [6.07, 6.45) is 0.407. The Hall–Kier alpha value is -1.14. The summed E-state index contributed by atoms with van der Waals surface area (Å²) >= 11 is 12.0. The molecular formula is C11H7Cl2NO3S. The molecule has 0 amide bonds. The number of fused-ring (bicyclic) bond motifs is 1. The first-order valence-corrected chi connectivity index (χ1v) is 7.05. The van der Waals surface area contributed by atoms with Crippen LogP contribution in [0.2, 0.25) is 10.0 Å². The second kappa shape index (κ2) is 4.51. The molecule has 0 aromatic heterocycles. The number of sulfonamides is 1. The Morgan fingerprint density at radius 3 is 2.22 bits per heavy atom. The van der Waals surface area contributed by atoms with E-state index in [1.165, 1.54) is 18.2 Å². The summed E-state index contributed by atoms with van der Waals surface area (Å²) in [5.41, 5.74) is -0.0810. The lowest BCUT2D eigenvalue weighted by atomic mass is 10.1. The molecule has 2 aromatic carbocycles. The van der Waals surface area contributed by atoms with E-state index in [9.17, 15) is 13.2 Å². The number of aldehydes is 1. The van der Waals surface area contributed by atoms with Crippen molar-refractivity contribution in [1.29, 1.82) is 0 Å². The molecule has 0 fully saturated rings. The van der Waals surface area contributed by atoms with Gasteiger partial charge >= 0.3 is 0 Å². The number of hydrogen-bond acceptors (Lipinski definition) is 3.